The fourth-order valence-electron chi connectivity index (χ4n) is 7.84. The number of rotatable bonds is 4. The van der Waals surface area contributed by atoms with E-state index in [-0.39, 0.29) is 0 Å². The van der Waals surface area contributed by atoms with Gasteiger partial charge in [-0.2, -0.15) is 4.80 Å². The van der Waals surface area contributed by atoms with Crippen LogP contribution in [-0.2, 0) is 0 Å². The summed E-state index contributed by atoms with van der Waals surface area (Å²) in [6, 6.07) is 39.2. The molecule has 0 amide bonds. The number of benzene rings is 7. The van der Waals surface area contributed by atoms with Crippen molar-refractivity contribution in [3.05, 3.63) is 115 Å². The average molecular weight is 676 g/mol. The predicted octanol–water partition coefficient (Wildman–Crippen LogP) is 1.10. The normalized spacial score (nSPS) is 11.8. The van der Waals surface area contributed by atoms with Crippen LogP contribution in [0.25, 0.3) is 94.4 Å². The van der Waals surface area contributed by atoms with Crippen LogP contribution in [0.1, 0.15) is 0 Å². The van der Waals surface area contributed by atoms with Crippen molar-refractivity contribution in [1.29, 1.82) is 0 Å². The minimum absolute atomic E-state index is 0.587. The lowest BCUT2D eigenvalue weighted by Crippen LogP contribution is -2.56. The van der Waals surface area contributed by atoms with Crippen LogP contribution in [0.2, 0.25) is 0 Å². The zero-order valence-corrected chi connectivity index (χ0v) is 30.1. The molecule has 7 aromatic carbocycles. The van der Waals surface area contributed by atoms with Crippen molar-refractivity contribution < 1.29 is 4.42 Å². The minimum Gasteiger partial charge on any atom is -0.456 e. The maximum absolute atomic E-state index is 6.24. The van der Waals surface area contributed by atoms with E-state index < -0.39 is 0 Å². The second-order valence-electron chi connectivity index (χ2n) is 13.9. The molecule has 12 heteroatoms. The highest BCUT2D eigenvalue weighted by molar-refractivity contribution is 6.68. The van der Waals surface area contributed by atoms with Crippen LogP contribution < -0.4 is 27.3 Å². The minimum atomic E-state index is 0.587. The summed E-state index contributed by atoms with van der Waals surface area (Å²) in [4.78, 5) is 17.2. The van der Waals surface area contributed by atoms with Crippen molar-refractivity contribution >= 4 is 121 Å². The molecule has 0 spiro atoms. The molecule has 3 aromatic heterocycles. The monoisotopic (exact) mass is 676 g/mol. The standard InChI is InChI=1S/C41H29B5N6O/c42-32-33(43)35(45)38(36(46)34(32)44)52-50-27-18-17-21-15-13-20-14-16-23(19-26(20)30(21)37(27)51-52)40-47-39(22-7-2-1-3-8-22)48-41(49-40)25-10-6-12-29-31(25)24-9-4-5-11-28(24)53-29/h1-19H,42-46H2. The van der Waals surface area contributed by atoms with Crippen molar-refractivity contribution in [1.82, 2.24) is 29.9 Å². The molecule has 53 heavy (non-hydrogen) atoms. The summed E-state index contributed by atoms with van der Waals surface area (Å²) in [6.45, 7) is 0. The number of hydrogen-bond donors (Lipinski definition) is 0. The first-order valence-corrected chi connectivity index (χ1v) is 17.9. The first-order valence-electron chi connectivity index (χ1n) is 17.9. The maximum atomic E-state index is 6.24. The van der Waals surface area contributed by atoms with Crippen molar-refractivity contribution in [2.45, 2.75) is 0 Å². The third-order valence-corrected chi connectivity index (χ3v) is 11.1. The molecular formula is C41H29B5N6O. The van der Waals surface area contributed by atoms with E-state index >= 15 is 0 Å². The molecule has 0 N–H and O–H groups in total. The zero-order valence-electron chi connectivity index (χ0n) is 30.1. The molecule has 0 bridgehead atoms. The van der Waals surface area contributed by atoms with E-state index in [1.54, 1.807) is 0 Å². The Morgan fingerprint density at radius 1 is 0.472 bits per heavy atom. The molecule has 0 radical (unpaired) electrons. The summed E-state index contributed by atoms with van der Waals surface area (Å²) in [5.41, 5.74) is 13.3. The highest BCUT2D eigenvalue weighted by Gasteiger charge is 2.20. The lowest BCUT2D eigenvalue weighted by molar-refractivity contribution is 0.669. The zero-order chi connectivity index (χ0) is 36.0. The van der Waals surface area contributed by atoms with Crippen LogP contribution in [0.15, 0.2) is 120 Å². The maximum Gasteiger partial charge on any atom is 0.164 e. The molecule has 0 saturated carbocycles. The topological polar surface area (TPSA) is 82.5 Å². The Morgan fingerprint density at radius 3 is 1.92 bits per heavy atom. The van der Waals surface area contributed by atoms with E-state index in [1.807, 2.05) is 65.5 Å². The summed E-state index contributed by atoms with van der Waals surface area (Å²) in [6.07, 6.45) is 0. The van der Waals surface area contributed by atoms with E-state index in [0.29, 0.717) is 17.5 Å². The number of furan rings is 1. The molecule has 0 aliphatic rings. The Labute approximate surface area is 309 Å². The lowest BCUT2D eigenvalue weighted by Gasteiger charge is -2.18. The van der Waals surface area contributed by atoms with Gasteiger partial charge in [-0.15, -0.1) is 15.7 Å². The molecule has 0 unspecified atom stereocenters. The molecule has 3 heterocycles. The van der Waals surface area contributed by atoms with Gasteiger partial charge in [-0.25, -0.2) is 15.0 Å². The van der Waals surface area contributed by atoms with Gasteiger partial charge < -0.3 is 4.42 Å². The van der Waals surface area contributed by atoms with Crippen LogP contribution in [0.5, 0.6) is 0 Å². The number of nitrogens with zero attached hydrogens (tertiary/aromatic N) is 6. The Balaban J connectivity index is 1.21. The molecular weight excluding hydrogens is 647 g/mol. The molecule has 244 valence electrons. The summed E-state index contributed by atoms with van der Waals surface area (Å²) < 4.78 is 6.24. The third-order valence-electron chi connectivity index (χ3n) is 11.1. The summed E-state index contributed by atoms with van der Waals surface area (Å²) in [5, 5.41) is 16.6. The molecule has 0 saturated heterocycles. The van der Waals surface area contributed by atoms with Gasteiger partial charge in [-0.05, 0) is 40.4 Å². The van der Waals surface area contributed by atoms with E-state index in [2.05, 4.69) is 93.8 Å². The van der Waals surface area contributed by atoms with Gasteiger partial charge in [0.05, 0.1) is 5.69 Å². The van der Waals surface area contributed by atoms with E-state index in [4.69, 9.17) is 29.6 Å². The van der Waals surface area contributed by atoms with Crippen molar-refractivity contribution in [2.75, 3.05) is 0 Å². The van der Waals surface area contributed by atoms with Crippen LogP contribution in [0, 0.1) is 0 Å². The Kier molecular flexibility index (Phi) is 6.99. The largest absolute Gasteiger partial charge is 0.456 e. The predicted molar refractivity (Wildman–Crippen MR) is 232 cm³/mol. The summed E-state index contributed by atoms with van der Waals surface area (Å²) >= 11 is 0. The van der Waals surface area contributed by atoms with Crippen LogP contribution >= 0.6 is 0 Å². The average Bonchev–Trinajstić information content (AvgIpc) is 3.81. The number of hydrogen-bond acceptors (Lipinski definition) is 6. The number of para-hydroxylation sites is 1. The summed E-state index contributed by atoms with van der Waals surface area (Å²) in [5.74, 6) is 1.78. The highest BCUT2D eigenvalue weighted by Crippen LogP contribution is 2.37. The SMILES string of the molecule is Bc1c(B)c(B)c(-n2nc3ccc4ccc5ccc(-c6nc(-c7ccccc7)nc(-c7cccc8oc9ccccc9c78)n6)cc5c4c3n2)c(B)c1B. The van der Waals surface area contributed by atoms with Crippen LogP contribution in [0.3, 0.4) is 0 Å². The number of aromatic nitrogens is 6. The fourth-order valence-corrected chi connectivity index (χ4v) is 7.84. The molecule has 7 nitrogen and oxygen atoms in total. The Bertz CT molecular complexity index is 3110. The van der Waals surface area contributed by atoms with Gasteiger partial charge in [0.25, 0.3) is 0 Å². The van der Waals surface area contributed by atoms with Crippen molar-refractivity contribution in [3.63, 3.8) is 0 Å². The summed E-state index contributed by atoms with van der Waals surface area (Å²) in [7, 11) is 10.9. The molecule has 0 aliphatic carbocycles. The lowest BCUT2D eigenvalue weighted by atomic mass is 9.62. The molecule has 10 rings (SSSR count). The van der Waals surface area contributed by atoms with Crippen LogP contribution in [-0.4, -0.2) is 69.2 Å². The quantitative estimate of drug-likeness (QED) is 0.206. The van der Waals surface area contributed by atoms with E-state index in [0.717, 1.165) is 76.9 Å². The molecule has 10 aromatic rings. The Morgan fingerprint density at radius 2 is 1.11 bits per heavy atom. The van der Waals surface area contributed by atoms with Gasteiger partial charge in [0.2, 0.25) is 0 Å². The molecule has 0 fully saturated rings. The first kappa shape index (κ1) is 31.3. The number of fused-ring (bicyclic) bond motifs is 8. The van der Waals surface area contributed by atoms with Gasteiger partial charge in [0.1, 0.15) is 61.4 Å². The van der Waals surface area contributed by atoms with Gasteiger partial charge in [0, 0.05) is 32.8 Å². The van der Waals surface area contributed by atoms with E-state index in [1.165, 1.54) is 27.3 Å². The van der Waals surface area contributed by atoms with E-state index in [9.17, 15) is 0 Å². The Hall–Kier alpha value is -6.41. The molecule has 0 atom stereocenters. The van der Waals surface area contributed by atoms with Crippen molar-refractivity contribution in [2.24, 2.45) is 0 Å². The van der Waals surface area contributed by atoms with Gasteiger partial charge in [-0.3, -0.25) is 0 Å². The highest BCUT2D eigenvalue weighted by atomic mass is 16.3. The van der Waals surface area contributed by atoms with Gasteiger partial charge >= 0.3 is 0 Å². The third kappa shape index (κ3) is 4.86. The second-order valence-corrected chi connectivity index (χ2v) is 13.9. The smallest absolute Gasteiger partial charge is 0.164 e. The first-order chi connectivity index (χ1) is 25.8. The second kappa shape index (κ2) is 11.8. The van der Waals surface area contributed by atoms with Crippen molar-refractivity contribution in [3.8, 4) is 39.9 Å². The van der Waals surface area contributed by atoms with Gasteiger partial charge in [0.15, 0.2) is 17.5 Å². The molecule has 0 aliphatic heterocycles. The van der Waals surface area contributed by atoms with Crippen LogP contribution in [0.4, 0.5) is 0 Å². The fraction of sp³-hybridized carbons (Fsp3) is 0. The van der Waals surface area contributed by atoms with Gasteiger partial charge in [-0.1, -0.05) is 113 Å².